The third-order valence-electron chi connectivity index (χ3n) is 4.11. The summed E-state index contributed by atoms with van der Waals surface area (Å²) >= 11 is 8.56. The Balaban J connectivity index is 1.67. The van der Waals surface area contributed by atoms with Crippen molar-refractivity contribution in [2.75, 3.05) is 5.32 Å². The number of amides is 1. The molecule has 2 heterocycles. The fourth-order valence-corrected chi connectivity index (χ4v) is 4.45. The highest BCUT2D eigenvalue weighted by molar-refractivity contribution is 7.99. The molecule has 3 rings (SSSR count). The second-order valence-electron chi connectivity index (χ2n) is 6.05. The Morgan fingerprint density at radius 3 is 2.89 bits per heavy atom. The van der Waals surface area contributed by atoms with Gasteiger partial charge in [0, 0.05) is 10.6 Å². The van der Waals surface area contributed by atoms with Crippen LogP contribution in [0.4, 0.5) is 10.1 Å². The minimum Gasteiger partial charge on any atom is -0.325 e. The van der Waals surface area contributed by atoms with E-state index >= 15 is 0 Å². The summed E-state index contributed by atoms with van der Waals surface area (Å²) < 4.78 is 13.2. The van der Waals surface area contributed by atoms with Crippen molar-refractivity contribution < 1.29 is 9.18 Å². The molecule has 3 aromatic rings. The van der Waals surface area contributed by atoms with E-state index in [4.69, 9.17) is 11.6 Å². The number of aromatic amines is 1. The molecule has 0 aliphatic heterocycles. The number of aromatic nitrogens is 2. The summed E-state index contributed by atoms with van der Waals surface area (Å²) in [5.41, 5.74) is 1.22. The normalized spacial score (nSPS) is 12.3. The summed E-state index contributed by atoms with van der Waals surface area (Å²) in [6, 6.07) is 4.01. The number of hydrogen-bond acceptors (Lipinski definition) is 5. The highest BCUT2D eigenvalue weighted by atomic mass is 35.5. The molecule has 0 bridgehead atoms. The van der Waals surface area contributed by atoms with Crippen LogP contribution in [-0.4, -0.2) is 21.1 Å². The lowest BCUT2D eigenvalue weighted by atomic mass is 10.2. The van der Waals surface area contributed by atoms with Gasteiger partial charge in [-0.25, -0.2) is 9.37 Å². The summed E-state index contributed by atoms with van der Waals surface area (Å²) in [5.74, 6) is 0.138. The van der Waals surface area contributed by atoms with Crippen molar-refractivity contribution in [2.45, 2.75) is 31.8 Å². The van der Waals surface area contributed by atoms with E-state index in [0.29, 0.717) is 27.5 Å². The lowest BCUT2D eigenvalue weighted by molar-refractivity contribution is -0.115. The predicted molar refractivity (Wildman–Crippen MR) is 111 cm³/mol. The molecular formula is C18H17ClFN3O2S2. The molecule has 1 aromatic carbocycles. The molecule has 0 saturated carbocycles. The zero-order valence-corrected chi connectivity index (χ0v) is 17.2. The Morgan fingerprint density at radius 2 is 2.19 bits per heavy atom. The van der Waals surface area contributed by atoms with Crippen LogP contribution >= 0.6 is 34.7 Å². The van der Waals surface area contributed by atoms with Crippen LogP contribution in [0, 0.1) is 19.7 Å². The van der Waals surface area contributed by atoms with E-state index in [1.807, 2.05) is 13.8 Å². The molecule has 0 saturated heterocycles. The first-order valence-electron chi connectivity index (χ1n) is 8.12. The zero-order chi connectivity index (χ0) is 19.7. The van der Waals surface area contributed by atoms with Crippen LogP contribution in [0.25, 0.3) is 10.2 Å². The number of fused-ring (bicyclic) bond motifs is 1. The molecule has 0 aliphatic carbocycles. The van der Waals surface area contributed by atoms with Crippen LogP contribution in [0.3, 0.4) is 0 Å². The number of thiophene rings is 1. The Bertz CT molecular complexity index is 1080. The van der Waals surface area contributed by atoms with Gasteiger partial charge in [0.15, 0.2) is 0 Å². The molecule has 0 aliphatic rings. The van der Waals surface area contributed by atoms with Gasteiger partial charge in [-0.05, 0) is 44.5 Å². The van der Waals surface area contributed by atoms with Crippen LogP contribution in [0.2, 0.25) is 5.02 Å². The first-order chi connectivity index (χ1) is 12.8. The Hall–Kier alpha value is -1.90. The minimum atomic E-state index is -0.540. The third kappa shape index (κ3) is 4.34. The van der Waals surface area contributed by atoms with Crippen molar-refractivity contribution >= 4 is 56.5 Å². The molecule has 2 aromatic heterocycles. The second kappa shape index (κ2) is 8.00. The highest BCUT2D eigenvalue weighted by Crippen LogP contribution is 2.27. The summed E-state index contributed by atoms with van der Waals surface area (Å²) in [6.07, 6.45) is 0. The van der Waals surface area contributed by atoms with E-state index < -0.39 is 11.1 Å². The van der Waals surface area contributed by atoms with Crippen molar-refractivity contribution in [3.8, 4) is 0 Å². The molecule has 0 spiro atoms. The summed E-state index contributed by atoms with van der Waals surface area (Å²) in [7, 11) is 0. The summed E-state index contributed by atoms with van der Waals surface area (Å²) in [6.45, 7) is 5.62. The molecule has 1 atom stereocenters. The van der Waals surface area contributed by atoms with E-state index in [0.717, 1.165) is 10.4 Å². The van der Waals surface area contributed by atoms with E-state index in [9.17, 15) is 14.0 Å². The number of aryl methyl sites for hydroxylation is 2. The largest absolute Gasteiger partial charge is 0.325 e. The Morgan fingerprint density at radius 1 is 1.44 bits per heavy atom. The molecule has 0 fully saturated rings. The lowest BCUT2D eigenvalue weighted by Crippen LogP contribution is -2.23. The Kier molecular flexibility index (Phi) is 5.88. The first kappa shape index (κ1) is 19.9. The molecule has 0 radical (unpaired) electrons. The monoisotopic (exact) mass is 425 g/mol. The molecule has 5 nitrogen and oxygen atoms in total. The smallest absolute Gasteiger partial charge is 0.259 e. The highest BCUT2D eigenvalue weighted by Gasteiger charge is 2.16. The average Bonchev–Trinajstić information content (AvgIpc) is 2.90. The third-order valence-corrected chi connectivity index (χ3v) is 6.66. The number of benzene rings is 1. The maximum Gasteiger partial charge on any atom is 0.259 e. The number of thioether (sulfide) groups is 1. The average molecular weight is 426 g/mol. The van der Waals surface area contributed by atoms with E-state index in [1.54, 1.807) is 6.92 Å². The number of hydrogen-bond donors (Lipinski definition) is 2. The molecule has 2 N–H and O–H groups in total. The molecule has 9 heteroatoms. The molecule has 27 heavy (non-hydrogen) atoms. The van der Waals surface area contributed by atoms with E-state index in [2.05, 4.69) is 15.3 Å². The zero-order valence-electron chi connectivity index (χ0n) is 14.9. The molecule has 142 valence electrons. The quantitative estimate of drug-likeness (QED) is 0.623. The second-order valence-corrected chi connectivity index (χ2v) is 8.99. The van der Waals surface area contributed by atoms with Gasteiger partial charge >= 0.3 is 0 Å². The maximum absolute atomic E-state index is 13.2. The van der Waals surface area contributed by atoms with Gasteiger partial charge < -0.3 is 10.3 Å². The van der Waals surface area contributed by atoms with Crippen LogP contribution < -0.4 is 10.9 Å². The van der Waals surface area contributed by atoms with E-state index in [1.165, 1.54) is 41.3 Å². The molecule has 1 amide bonds. The van der Waals surface area contributed by atoms with E-state index in [-0.39, 0.29) is 16.5 Å². The van der Waals surface area contributed by atoms with Gasteiger partial charge in [-0.2, -0.15) is 0 Å². The summed E-state index contributed by atoms with van der Waals surface area (Å²) in [4.78, 5) is 33.7. The van der Waals surface area contributed by atoms with Gasteiger partial charge in [-0.3, -0.25) is 9.59 Å². The fraction of sp³-hybridized carbons (Fsp3) is 0.278. The van der Waals surface area contributed by atoms with Crippen LogP contribution in [0.1, 0.15) is 23.2 Å². The van der Waals surface area contributed by atoms with Crippen molar-refractivity contribution in [1.29, 1.82) is 0 Å². The number of halogens is 2. The van der Waals surface area contributed by atoms with Gasteiger partial charge in [-0.1, -0.05) is 11.6 Å². The van der Waals surface area contributed by atoms with Crippen molar-refractivity contribution in [3.63, 3.8) is 0 Å². The van der Waals surface area contributed by atoms with Crippen LogP contribution in [0.5, 0.6) is 0 Å². The SMILES string of the molecule is Cc1sc2nc(CS[C@H](C)C(=O)Nc3ccc(F)c(Cl)c3)[nH]c(=O)c2c1C. The fourth-order valence-electron chi connectivity index (χ4n) is 2.46. The topological polar surface area (TPSA) is 74.8 Å². The summed E-state index contributed by atoms with van der Waals surface area (Å²) in [5, 5.41) is 2.87. The van der Waals surface area contributed by atoms with Crippen molar-refractivity contribution in [2.24, 2.45) is 0 Å². The first-order valence-corrected chi connectivity index (χ1v) is 10.4. The number of rotatable bonds is 5. The van der Waals surface area contributed by atoms with Gasteiger partial charge in [0.1, 0.15) is 16.5 Å². The maximum atomic E-state index is 13.2. The van der Waals surface area contributed by atoms with Gasteiger partial charge in [0.2, 0.25) is 5.91 Å². The number of nitrogens with one attached hydrogen (secondary N) is 2. The number of carbonyl (C=O) groups excluding carboxylic acids is 1. The Labute approximate surface area is 168 Å². The molecular weight excluding hydrogens is 409 g/mol. The number of H-pyrrole nitrogens is 1. The van der Waals surface area contributed by atoms with Gasteiger partial charge in [0.25, 0.3) is 5.56 Å². The number of nitrogens with zero attached hydrogens (tertiary/aromatic N) is 1. The number of anilines is 1. The number of carbonyl (C=O) groups is 1. The lowest BCUT2D eigenvalue weighted by Gasteiger charge is -2.12. The van der Waals surface area contributed by atoms with Crippen molar-refractivity contribution in [3.05, 3.63) is 55.7 Å². The van der Waals surface area contributed by atoms with Gasteiger partial charge in [0.05, 0.1) is 21.4 Å². The molecule has 0 unspecified atom stereocenters. The minimum absolute atomic E-state index is 0.0512. The van der Waals surface area contributed by atoms with Gasteiger partial charge in [-0.15, -0.1) is 23.1 Å². The van der Waals surface area contributed by atoms with Crippen LogP contribution in [-0.2, 0) is 10.5 Å². The van der Waals surface area contributed by atoms with Crippen LogP contribution in [0.15, 0.2) is 23.0 Å². The van der Waals surface area contributed by atoms with Crippen molar-refractivity contribution in [1.82, 2.24) is 9.97 Å². The standard InChI is InChI=1S/C18H17ClFN3O2S2/c1-8-9(2)27-18-15(8)17(25)22-14(23-18)7-26-10(3)16(24)21-11-4-5-13(20)12(19)6-11/h4-6,10H,7H2,1-3H3,(H,21,24)(H,22,23,25)/t10-/m1/s1. The predicted octanol–water partition coefficient (Wildman–Crippen LogP) is 4.65.